The molecular weight excluding hydrogens is 242 g/mol. The van der Waals surface area contributed by atoms with Crippen molar-refractivity contribution in [3.8, 4) is 0 Å². The van der Waals surface area contributed by atoms with E-state index in [9.17, 15) is 4.79 Å². The fourth-order valence-electron chi connectivity index (χ4n) is 1.54. The zero-order valence-electron chi connectivity index (χ0n) is 10.6. The molecular formula is C11H20ClN3O2. The van der Waals surface area contributed by atoms with Crippen molar-refractivity contribution in [1.29, 1.82) is 0 Å². The second-order valence-corrected chi connectivity index (χ2v) is 5.20. The molecule has 1 amide bonds. The summed E-state index contributed by atoms with van der Waals surface area (Å²) in [5, 5.41) is 0. The van der Waals surface area contributed by atoms with Crippen molar-refractivity contribution in [2.24, 2.45) is 4.99 Å². The van der Waals surface area contributed by atoms with Gasteiger partial charge >= 0.3 is 6.09 Å². The molecule has 0 aromatic carbocycles. The zero-order valence-corrected chi connectivity index (χ0v) is 11.4. The smallest absolute Gasteiger partial charge is 0.410 e. The van der Waals surface area contributed by atoms with E-state index in [0.717, 1.165) is 13.1 Å². The molecule has 0 radical (unpaired) electrons. The van der Waals surface area contributed by atoms with Crippen LogP contribution in [0.3, 0.4) is 0 Å². The van der Waals surface area contributed by atoms with Gasteiger partial charge in [-0.05, 0) is 20.8 Å². The molecule has 1 heterocycles. The van der Waals surface area contributed by atoms with Crippen molar-refractivity contribution < 1.29 is 9.53 Å². The van der Waals surface area contributed by atoms with Crippen LogP contribution in [0.15, 0.2) is 4.99 Å². The largest absolute Gasteiger partial charge is 0.444 e. The number of carbonyl (C=O) groups excluding carboxylic acids is 1. The van der Waals surface area contributed by atoms with E-state index in [0.29, 0.717) is 19.8 Å². The molecule has 6 heteroatoms. The van der Waals surface area contributed by atoms with Gasteiger partial charge in [-0.15, -0.1) is 0 Å². The molecule has 1 saturated heterocycles. The molecule has 0 aliphatic carbocycles. The Bertz CT molecular complexity index is 281. The molecule has 17 heavy (non-hydrogen) atoms. The molecule has 98 valence electrons. The van der Waals surface area contributed by atoms with Crippen LogP contribution in [-0.4, -0.2) is 60.0 Å². The number of hydrogen-bond acceptors (Lipinski definition) is 4. The maximum atomic E-state index is 11.8. The molecule has 0 spiro atoms. The van der Waals surface area contributed by atoms with Crippen LogP contribution in [-0.2, 0) is 4.74 Å². The third-order valence-corrected chi connectivity index (χ3v) is 2.51. The summed E-state index contributed by atoms with van der Waals surface area (Å²) in [6.07, 6.45) is -0.238. The summed E-state index contributed by atoms with van der Waals surface area (Å²) >= 11 is 5.37. The standard InChI is InChI=1S/C11H20ClN3O2/c1-11(2,3)17-10(16)15-6-4-14(5-7-15)9-13-8-12/h8H,4-7,9H2,1-3H3/b13-8+. The highest BCUT2D eigenvalue weighted by Gasteiger charge is 2.25. The molecule has 0 unspecified atom stereocenters. The molecule has 0 bridgehead atoms. The van der Waals surface area contributed by atoms with E-state index in [-0.39, 0.29) is 6.09 Å². The van der Waals surface area contributed by atoms with E-state index >= 15 is 0 Å². The normalized spacial score (nSPS) is 18.7. The Morgan fingerprint density at radius 2 is 1.94 bits per heavy atom. The molecule has 0 aromatic rings. The van der Waals surface area contributed by atoms with Gasteiger partial charge in [0.25, 0.3) is 0 Å². The fraction of sp³-hybridized carbons (Fsp3) is 0.818. The molecule has 0 saturated carbocycles. The lowest BCUT2D eigenvalue weighted by Crippen LogP contribution is -2.49. The maximum Gasteiger partial charge on any atom is 0.410 e. The predicted molar refractivity (Wildman–Crippen MR) is 68.6 cm³/mol. The van der Waals surface area contributed by atoms with Gasteiger partial charge in [0.15, 0.2) is 0 Å². The number of halogens is 1. The van der Waals surface area contributed by atoms with E-state index in [1.807, 2.05) is 20.8 Å². The lowest BCUT2D eigenvalue weighted by atomic mass is 10.2. The minimum Gasteiger partial charge on any atom is -0.444 e. The first-order valence-electron chi connectivity index (χ1n) is 5.71. The third-order valence-electron chi connectivity index (χ3n) is 2.37. The van der Waals surface area contributed by atoms with Crippen LogP contribution in [0.2, 0.25) is 0 Å². The van der Waals surface area contributed by atoms with Gasteiger partial charge in [0.1, 0.15) is 5.60 Å². The monoisotopic (exact) mass is 261 g/mol. The molecule has 1 fully saturated rings. The highest BCUT2D eigenvalue weighted by molar-refractivity contribution is 6.56. The van der Waals surface area contributed by atoms with Gasteiger partial charge in [-0.25, -0.2) is 4.79 Å². The van der Waals surface area contributed by atoms with Crippen LogP contribution < -0.4 is 0 Å². The van der Waals surface area contributed by atoms with Gasteiger partial charge in [-0.1, -0.05) is 11.6 Å². The molecule has 1 rings (SSSR count). The third kappa shape index (κ3) is 5.37. The highest BCUT2D eigenvalue weighted by Crippen LogP contribution is 2.11. The van der Waals surface area contributed by atoms with Crippen molar-refractivity contribution >= 4 is 23.4 Å². The second-order valence-electron chi connectivity index (χ2n) is 5.01. The van der Waals surface area contributed by atoms with Gasteiger partial charge in [0.2, 0.25) is 0 Å². The van der Waals surface area contributed by atoms with Crippen LogP contribution in [0.1, 0.15) is 20.8 Å². The number of hydrogen-bond donors (Lipinski definition) is 0. The van der Waals surface area contributed by atoms with Crippen molar-refractivity contribution in [1.82, 2.24) is 9.80 Å². The minimum absolute atomic E-state index is 0.238. The molecule has 5 nitrogen and oxygen atoms in total. The first-order valence-corrected chi connectivity index (χ1v) is 6.15. The predicted octanol–water partition coefficient (Wildman–Crippen LogP) is 1.76. The lowest BCUT2D eigenvalue weighted by molar-refractivity contribution is 0.0148. The SMILES string of the molecule is CC(C)(C)OC(=O)N1CCN(C/N=C/Cl)CC1. The molecule has 1 aliphatic heterocycles. The van der Waals surface area contributed by atoms with Crippen molar-refractivity contribution in [3.63, 3.8) is 0 Å². The van der Waals surface area contributed by atoms with Crippen LogP contribution >= 0.6 is 11.6 Å². The number of rotatable bonds is 2. The van der Waals surface area contributed by atoms with Crippen LogP contribution in [0.5, 0.6) is 0 Å². The molecule has 0 atom stereocenters. The van der Waals surface area contributed by atoms with Gasteiger partial charge in [-0.2, -0.15) is 0 Å². The first kappa shape index (κ1) is 14.3. The Balaban J connectivity index is 2.34. The number of aliphatic imine (C=N–C) groups is 1. The van der Waals surface area contributed by atoms with E-state index < -0.39 is 5.60 Å². The zero-order chi connectivity index (χ0) is 12.9. The average molecular weight is 262 g/mol. The van der Waals surface area contributed by atoms with Gasteiger partial charge < -0.3 is 9.64 Å². The van der Waals surface area contributed by atoms with Gasteiger partial charge in [-0.3, -0.25) is 9.89 Å². The summed E-state index contributed by atoms with van der Waals surface area (Å²) in [4.78, 5) is 19.6. The topological polar surface area (TPSA) is 45.1 Å². The van der Waals surface area contributed by atoms with E-state index in [1.165, 1.54) is 5.67 Å². The summed E-state index contributed by atoms with van der Waals surface area (Å²) in [5.41, 5.74) is 0.845. The number of piperazine rings is 1. The lowest BCUT2D eigenvalue weighted by Gasteiger charge is -2.34. The van der Waals surface area contributed by atoms with Gasteiger partial charge in [0.05, 0.1) is 12.3 Å². The van der Waals surface area contributed by atoms with Crippen molar-refractivity contribution in [2.45, 2.75) is 26.4 Å². The van der Waals surface area contributed by atoms with Crippen LogP contribution in [0.25, 0.3) is 0 Å². The fourth-order valence-corrected chi connectivity index (χ4v) is 1.61. The van der Waals surface area contributed by atoms with E-state index in [2.05, 4.69) is 9.89 Å². The van der Waals surface area contributed by atoms with Crippen LogP contribution in [0, 0.1) is 0 Å². The Labute approximate surface area is 107 Å². The maximum absolute atomic E-state index is 11.8. The Morgan fingerprint density at radius 3 is 2.41 bits per heavy atom. The summed E-state index contributed by atoms with van der Waals surface area (Å²) in [6, 6.07) is 0. The molecule has 0 aromatic heterocycles. The Kier molecular flexibility index (Phi) is 5.21. The summed E-state index contributed by atoms with van der Waals surface area (Å²) in [5.74, 6) is 0. The summed E-state index contributed by atoms with van der Waals surface area (Å²) in [7, 11) is 0. The Morgan fingerprint density at radius 1 is 1.35 bits per heavy atom. The van der Waals surface area contributed by atoms with Crippen LogP contribution in [0.4, 0.5) is 4.79 Å². The number of nitrogens with zero attached hydrogens (tertiary/aromatic N) is 3. The number of carbonyl (C=O) groups is 1. The average Bonchev–Trinajstić information content (AvgIpc) is 2.24. The molecule has 0 N–H and O–H groups in total. The van der Waals surface area contributed by atoms with Crippen molar-refractivity contribution in [2.75, 3.05) is 32.8 Å². The quantitative estimate of drug-likeness (QED) is 0.712. The number of ether oxygens (including phenoxy) is 1. The second kappa shape index (κ2) is 6.21. The summed E-state index contributed by atoms with van der Waals surface area (Å²) in [6.45, 7) is 9.15. The number of amides is 1. The van der Waals surface area contributed by atoms with Crippen molar-refractivity contribution in [3.05, 3.63) is 0 Å². The minimum atomic E-state index is -0.433. The van der Waals surface area contributed by atoms with E-state index in [1.54, 1.807) is 4.90 Å². The molecule has 1 aliphatic rings. The first-order chi connectivity index (χ1) is 7.92. The Hall–Kier alpha value is -0.810. The highest BCUT2D eigenvalue weighted by atomic mass is 35.5. The van der Waals surface area contributed by atoms with Gasteiger partial charge in [0, 0.05) is 26.2 Å². The van der Waals surface area contributed by atoms with E-state index in [4.69, 9.17) is 16.3 Å². The summed E-state index contributed by atoms with van der Waals surface area (Å²) < 4.78 is 5.31.